The van der Waals surface area contributed by atoms with Crippen LogP contribution in [0, 0.1) is 4.91 Å². The van der Waals surface area contributed by atoms with Gasteiger partial charge in [0, 0.05) is 5.18 Å². The van der Waals surface area contributed by atoms with E-state index in [1.165, 1.54) is 0 Å². The van der Waals surface area contributed by atoms with E-state index < -0.39 is 5.17 Å². The molecule has 0 bridgehead atoms. The molecule has 0 unspecified atom stereocenters. The molecule has 28 valence electrons. The van der Waals surface area contributed by atoms with Crippen LogP contribution in [0.25, 0.3) is 0 Å². The van der Waals surface area contributed by atoms with Gasteiger partial charge in [-0.1, -0.05) is 0 Å². The topological polar surface area (TPSA) is 49.7 Å². The molecule has 3 nitrogen and oxygen atoms in total. The van der Waals surface area contributed by atoms with Gasteiger partial charge in [0.25, 0.3) is 0 Å². The minimum Gasteiger partial charge on any atom is -0.483 e. The second-order valence-corrected chi connectivity index (χ2v) is 0.739. The summed E-state index contributed by atoms with van der Waals surface area (Å²) in [6.45, 7) is 0. The molecule has 0 aromatic heterocycles. The van der Waals surface area contributed by atoms with Crippen LogP contribution in [0.5, 0.6) is 0 Å². The van der Waals surface area contributed by atoms with Gasteiger partial charge < -0.3 is 5.11 Å². The standard InChI is InChI=1S/CHNO2S/c3-1(5)2-4/h(H,3,5). The number of nitrogens with zero attached hydrogens (tertiary/aromatic N) is 1. The molecule has 0 heterocycles. The largest absolute Gasteiger partial charge is 0.483 e. The van der Waals surface area contributed by atoms with Crippen molar-refractivity contribution in [3.05, 3.63) is 4.91 Å². The maximum atomic E-state index is 8.86. The third-order valence-corrected chi connectivity index (χ3v) is 0.153. The summed E-state index contributed by atoms with van der Waals surface area (Å²) in [5.74, 6) is 0. The minimum absolute atomic E-state index is 0.843. The van der Waals surface area contributed by atoms with Gasteiger partial charge in [-0.15, -0.1) is 4.91 Å². The van der Waals surface area contributed by atoms with E-state index in [4.69, 9.17) is 10.0 Å². The first-order valence-electron chi connectivity index (χ1n) is 0.834. The van der Waals surface area contributed by atoms with Gasteiger partial charge in [0.15, 0.2) is 0 Å². The first kappa shape index (κ1) is 4.49. The molecule has 1 N–H and O–H groups in total. The average molecular weight is 91.1 g/mol. The molecule has 0 rings (SSSR count). The number of aliphatic hydroxyl groups excluding tert-OH is 1. The zero-order valence-electron chi connectivity index (χ0n) is 2.21. The quantitative estimate of drug-likeness (QED) is 0.350. The van der Waals surface area contributed by atoms with E-state index in [-0.39, 0.29) is 0 Å². The van der Waals surface area contributed by atoms with Crippen molar-refractivity contribution < 1.29 is 5.11 Å². The molecule has 0 spiro atoms. The summed E-state index contributed by atoms with van der Waals surface area (Å²) in [5, 5.41) is 8.70. The highest BCUT2D eigenvalue weighted by molar-refractivity contribution is 7.79. The Morgan fingerprint density at radius 2 is 2.20 bits per heavy atom. The number of rotatable bonds is 0. The molecular weight excluding hydrogens is 90.1 g/mol. The third-order valence-electron chi connectivity index (χ3n) is 0.0781. The third kappa shape index (κ3) is 3.49. The minimum atomic E-state index is -0.843. The van der Waals surface area contributed by atoms with Crippen LogP contribution in [0.1, 0.15) is 0 Å². The fraction of sp³-hybridized carbons (Fsp3) is 0. The average Bonchev–Trinajstić information content (AvgIpc) is 1.38. The Morgan fingerprint density at radius 1 is 2.00 bits per heavy atom. The van der Waals surface area contributed by atoms with Gasteiger partial charge in [-0.05, 0) is 12.2 Å². The van der Waals surface area contributed by atoms with E-state index in [0.717, 1.165) is 0 Å². The lowest BCUT2D eigenvalue weighted by Crippen LogP contribution is -1.76. The van der Waals surface area contributed by atoms with Crippen molar-refractivity contribution in [1.82, 2.24) is 0 Å². The summed E-state index contributed by atoms with van der Waals surface area (Å²) in [4.78, 5) is 8.86. The summed E-state index contributed by atoms with van der Waals surface area (Å²) in [7, 11) is 0. The molecule has 5 heavy (non-hydrogen) atoms. The normalized spacial score (nSPS) is 6.40. The second kappa shape index (κ2) is 1.78. The van der Waals surface area contributed by atoms with Gasteiger partial charge in [0.05, 0.1) is 0 Å². The first-order valence-corrected chi connectivity index (χ1v) is 1.24. The maximum absolute atomic E-state index is 8.86. The molecule has 0 aliphatic heterocycles. The van der Waals surface area contributed by atoms with Crippen molar-refractivity contribution in [3.63, 3.8) is 0 Å². The lowest BCUT2D eigenvalue weighted by molar-refractivity contribution is 0.560. The molecule has 0 saturated carbocycles. The number of nitroso groups, excluding NO2 is 1. The van der Waals surface area contributed by atoms with Crippen molar-refractivity contribution in [2.45, 2.75) is 0 Å². The van der Waals surface area contributed by atoms with Gasteiger partial charge in [-0.2, -0.15) is 0 Å². The molecule has 0 amide bonds. The van der Waals surface area contributed by atoms with Crippen LogP contribution in [0.15, 0.2) is 5.18 Å². The van der Waals surface area contributed by atoms with Crippen molar-refractivity contribution in [3.8, 4) is 0 Å². The van der Waals surface area contributed by atoms with E-state index in [1.807, 2.05) is 5.18 Å². The lowest BCUT2D eigenvalue weighted by atomic mass is 11.4. The predicted octanol–water partition coefficient (Wildman–Crippen LogP) is 0.596. The highest BCUT2D eigenvalue weighted by atomic mass is 32.1. The lowest BCUT2D eigenvalue weighted by Gasteiger charge is -1.63. The maximum Gasteiger partial charge on any atom is 0.321 e. The molecule has 0 aromatic carbocycles. The van der Waals surface area contributed by atoms with E-state index in [2.05, 4.69) is 12.2 Å². The van der Waals surface area contributed by atoms with Crippen LogP contribution < -0.4 is 0 Å². The second-order valence-electron chi connectivity index (χ2n) is 0.374. The highest BCUT2D eigenvalue weighted by Crippen LogP contribution is 1.63. The molecular formula is CHNO2S. The van der Waals surface area contributed by atoms with Gasteiger partial charge in [-0.3, -0.25) is 0 Å². The Balaban J connectivity index is 3.20. The molecule has 0 aliphatic rings. The van der Waals surface area contributed by atoms with Crippen molar-refractivity contribution >= 4 is 17.4 Å². The molecule has 0 atom stereocenters. The van der Waals surface area contributed by atoms with Crippen LogP contribution in [0.3, 0.4) is 0 Å². The Morgan fingerprint density at radius 3 is 2.20 bits per heavy atom. The fourth-order valence-electron chi connectivity index (χ4n) is 0. The van der Waals surface area contributed by atoms with Crippen molar-refractivity contribution in [1.29, 1.82) is 0 Å². The van der Waals surface area contributed by atoms with Crippen LogP contribution >= 0.6 is 12.2 Å². The zero-order valence-corrected chi connectivity index (χ0v) is 3.03. The van der Waals surface area contributed by atoms with Crippen molar-refractivity contribution in [2.75, 3.05) is 0 Å². The Hall–Kier alpha value is -0.510. The van der Waals surface area contributed by atoms with E-state index >= 15 is 0 Å². The smallest absolute Gasteiger partial charge is 0.321 e. The van der Waals surface area contributed by atoms with Crippen molar-refractivity contribution in [2.24, 2.45) is 5.18 Å². The number of aliphatic hydroxyl groups is 1. The molecule has 0 fully saturated rings. The molecule has 0 radical (unpaired) electrons. The molecule has 0 aromatic rings. The Labute approximate surface area is 33.6 Å². The van der Waals surface area contributed by atoms with Gasteiger partial charge in [0.2, 0.25) is 0 Å². The molecule has 4 heteroatoms. The SMILES string of the molecule is O=NC(O)=S. The fourth-order valence-corrected chi connectivity index (χ4v) is 0. The van der Waals surface area contributed by atoms with E-state index in [0.29, 0.717) is 0 Å². The summed E-state index contributed by atoms with van der Waals surface area (Å²) in [5.41, 5.74) is 0. The Kier molecular flexibility index (Phi) is 1.60. The van der Waals surface area contributed by atoms with E-state index in [9.17, 15) is 0 Å². The van der Waals surface area contributed by atoms with Crippen LogP contribution in [0.4, 0.5) is 0 Å². The Bertz CT molecular complexity index is 60.7. The summed E-state index contributed by atoms with van der Waals surface area (Å²) >= 11 is 3.77. The first-order chi connectivity index (χ1) is 2.27. The van der Waals surface area contributed by atoms with Gasteiger partial charge in [-0.25, -0.2) is 0 Å². The van der Waals surface area contributed by atoms with Crippen LogP contribution in [0.2, 0.25) is 0 Å². The van der Waals surface area contributed by atoms with Gasteiger partial charge >= 0.3 is 5.17 Å². The molecule has 0 saturated heterocycles. The zero-order chi connectivity index (χ0) is 4.28. The highest BCUT2D eigenvalue weighted by Gasteiger charge is 1.74. The number of hydrogen-bond acceptors (Lipinski definition) is 2. The summed E-state index contributed by atoms with van der Waals surface area (Å²) in [6.07, 6.45) is 0. The molecule has 0 aliphatic carbocycles. The number of thiocarbonyl (C=S) groups is 1. The summed E-state index contributed by atoms with van der Waals surface area (Å²) in [6, 6.07) is 0. The van der Waals surface area contributed by atoms with Gasteiger partial charge in [0.1, 0.15) is 0 Å². The van der Waals surface area contributed by atoms with Crippen LogP contribution in [-0.2, 0) is 0 Å². The predicted molar refractivity (Wildman–Crippen MR) is 21.0 cm³/mol. The number of hydrogen-bond donors (Lipinski definition) is 1. The summed E-state index contributed by atoms with van der Waals surface area (Å²) < 4.78 is 0. The van der Waals surface area contributed by atoms with E-state index in [1.54, 1.807) is 0 Å². The van der Waals surface area contributed by atoms with Crippen LogP contribution in [-0.4, -0.2) is 10.3 Å². The monoisotopic (exact) mass is 91.0 g/mol.